The van der Waals surface area contributed by atoms with Gasteiger partial charge in [-0.15, -0.1) is 0 Å². The fourth-order valence-corrected chi connectivity index (χ4v) is 2.32. The van der Waals surface area contributed by atoms with Gasteiger partial charge in [0.1, 0.15) is 0 Å². The number of esters is 1. The van der Waals surface area contributed by atoms with Crippen molar-refractivity contribution in [3.63, 3.8) is 0 Å². The van der Waals surface area contributed by atoms with Gasteiger partial charge in [-0.3, -0.25) is 4.79 Å². The van der Waals surface area contributed by atoms with Crippen LogP contribution in [0.4, 0.5) is 0 Å². The second-order valence-electron chi connectivity index (χ2n) is 4.93. The second-order valence-corrected chi connectivity index (χ2v) is 4.93. The Labute approximate surface area is 104 Å². The van der Waals surface area contributed by atoms with E-state index in [2.05, 4.69) is 5.32 Å². The predicted molar refractivity (Wildman–Crippen MR) is 66.7 cm³/mol. The molecule has 0 bridgehead atoms. The quantitative estimate of drug-likeness (QED) is 0.694. The molecular weight excluding hydrogens is 218 g/mol. The van der Waals surface area contributed by atoms with Crippen LogP contribution in [0.25, 0.3) is 0 Å². The van der Waals surface area contributed by atoms with Gasteiger partial charge in [-0.05, 0) is 32.6 Å². The molecule has 3 atom stereocenters. The van der Waals surface area contributed by atoms with Crippen LogP contribution >= 0.6 is 0 Å². The van der Waals surface area contributed by atoms with Crippen LogP contribution in [0.5, 0.6) is 0 Å². The van der Waals surface area contributed by atoms with Crippen LogP contribution in [0.1, 0.15) is 46.0 Å². The molecule has 0 amide bonds. The maximum atomic E-state index is 11.3. The number of carbonyl (C=O) groups is 1. The molecule has 1 aliphatic carbocycles. The van der Waals surface area contributed by atoms with E-state index in [1.807, 2.05) is 13.8 Å². The van der Waals surface area contributed by atoms with Gasteiger partial charge in [-0.2, -0.15) is 0 Å². The van der Waals surface area contributed by atoms with Crippen LogP contribution in [-0.2, 0) is 9.53 Å². The van der Waals surface area contributed by atoms with Crippen LogP contribution < -0.4 is 5.32 Å². The van der Waals surface area contributed by atoms with Gasteiger partial charge in [-0.25, -0.2) is 0 Å². The highest BCUT2D eigenvalue weighted by molar-refractivity contribution is 5.69. The van der Waals surface area contributed by atoms with E-state index in [1.165, 1.54) is 6.42 Å². The summed E-state index contributed by atoms with van der Waals surface area (Å²) in [6.07, 6.45) is 4.56. The average Bonchev–Trinajstić information content (AvgIpc) is 2.28. The van der Waals surface area contributed by atoms with E-state index in [1.54, 1.807) is 0 Å². The number of aliphatic hydroxyl groups is 1. The summed E-state index contributed by atoms with van der Waals surface area (Å²) >= 11 is 0. The summed E-state index contributed by atoms with van der Waals surface area (Å²) in [5, 5.41) is 13.1. The highest BCUT2D eigenvalue weighted by Gasteiger charge is 2.23. The zero-order valence-electron chi connectivity index (χ0n) is 10.9. The molecule has 100 valence electrons. The van der Waals surface area contributed by atoms with Crippen molar-refractivity contribution in [2.45, 2.75) is 58.1 Å². The van der Waals surface area contributed by atoms with E-state index >= 15 is 0 Å². The Hall–Kier alpha value is -0.610. The first-order valence-electron chi connectivity index (χ1n) is 6.70. The second kappa shape index (κ2) is 7.67. The van der Waals surface area contributed by atoms with Gasteiger partial charge in [0.2, 0.25) is 0 Å². The lowest BCUT2D eigenvalue weighted by molar-refractivity contribution is -0.143. The summed E-state index contributed by atoms with van der Waals surface area (Å²) in [5.41, 5.74) is 0. The monoisotopic (exact) mass is 243 g/mol. The Morgan fingerprint density at radius 2 is 2.18 bits per heavy atom. The normalized spacial score (nSPS) is 26.5. The molecule has 4 nitrogen and oxygen atoms in total. The van der Waals surface area contributed by atoms with E-state index in [9.17, 15) is 9.90 Å². The van der Waals surface area contributed by atoms with Gasteiger partial charge in [0, 0.05) is 12.6 Å². The number of carbonyl (C=O) groups excluding carboxylic acids is 1. The molecule has 17 heavy (non-hydrogen) atoms. The molecule has 1 aliphatic rings. The van der Waals surface area contributed by atoms with E-state index in [-0.39, 0.29) is 18.1 Å². The number of aliphatic hydroxyl groups excluding tert-OH is 1. The maximum absolute atomic E-state index is 11.3. The van der Waals surface area contributed by atoms with E-state index < -0.39 is 0 Å². The standard InChI is InChI=1S/C13H25NO3/c1-3-17-13(16)8-10(2)14-9-11-6-4-5-7-12(11)15/h10-12,14-15H,3-9H2,1-2H3. The topological polar surface area (TPSA) is 58.6 Å². The van der Waals surface area contributed by atoms with Gasteiger partial charge in [0.15, 0.2) is 0 Å². The minimum Gasteiger partial charge on any atom is -0.466 e. The molecule has 3 unspecified atom stereocenters. The van der Waals surface area contributed by atoms with Crippen molar-refractivity contribution >= 4 is 5.97 Å². The first-order chi connectivity index (χ1) is 8.13. The number of nitrogens with one attached hydrogen (secondary N) is 1. The SMILES string of the molecule is CCOC(=O)CC(C)NCC1CCCCC1O. The maximum Gasteiger partial charge on any atom is 0.307 e. The van der Waals surface area contributed by atoms with E-state index in [0.717, 1.165) is 25.8 Å². The van der Waals surface area contributed by atoms with E-state index in [0.29, 0.717) is 18.9 Å². The fraction of sp³-hybridized carbons (Fsp3) is 0.923. The number of hydrogen-bond acceptors (Lipinski definition) is 4. The van der Waals surface area contributed by atoms with Crippen molar-refractivity contribution in [3.8, 4) is 0 Å². The molecule has 0 aromatic carbocycles. The molecule has 0 radical (unpaired) electrons. The first-order valence-corrected chi connectivity index (χ1v) is 6.70. The third-order valence-corrected chi connectivity index (χ3v) is 3.38. The molecule has 1 saturated carbocycles. The highest BCUT2D eigenvalue weighted by Crippen LogP contribution is 2.23. The molecule has 1 fully saturated rings. The van der Waals surface area contributed by atoms with Crippen LogP contribution in [-0.4, -0.2) is 36.4 Å². The molecule has 0 aliphatic heterocycles. The third-order valence-electron chi connectivity index (χ3n) is 3.38. The Kier molecular flexibility index (Phi) is 6.52. The lowest BCUT2D eigenvalue weighted by atomic mass is 9.86. The molecule has 4 heteroatoms. The smallest absolute Gasteiger partial charge is 0.307 e. The van der Waals surface area contributed by atoms with Gasteiger partial charge < -0.3 is 15.2 Å². The zero-order chi connectivity index (χ0) is 12.7. The van der Waals surface area contributed by atoms with Crippen molar-refractivity contribution in [1.82, 2.24) is 5.32 Å². The van der Waals surface area contributed by atoms with Crippen LogP contribution in [0.15, 0.2) is 0 Å². The first kappa shape index (κ1) is 14.5. The molecule has 2 N–H and O–H groups in total. The molecule has 0 heterocycles. The van der Waals surface area contributed by atoms with Gasteiger partial charge in [-0.1, -0.05) is 12.8 Å². The predicted octanol–water partition coefficient (Wildman–Crippen LogP) is 1.47. The number of ether oxygens (including phenoxy) is 1. The van der Waals surface area contributed by atoms with Crippen molar-refractivity contribution in [2.24, 2.45) is 5.92 Å². The van der Waals surface area contributed by atoms with Crippen molar-refractivity contribution in [3.05, 3.63) is 0 Å². The Balaban J connectivity index is 2.18. The molecular formula is C13H25NO3. The van der Waals surface area contributed by atoms with Crippen LogP contribution in [0.2, 0.25) is 0 Å². The van der Waals surface area contributed by atoms with Gasteiger partial charge in [0.25, 0.3) is 0 Å². The summed E-state index contributed by atoms with van der Waals surface area (Å²) in [5.74, 6) is 0.185. The average molecular weight is 243 g/mol. The van der Waals surface area contributed by atoms with Crippen molar-refractivity contribution in [2.75, 3.05) is 13.2 Å². The summed E-state index contributed by atoms with van der Waals surface area (Å²) in [7, 11) is 0. The minimum atomic E-state index is -0.175. The lowest BCUT2D eigenvalue weighted by Crippen LogP contribution is -2.38. The van der Waals surface area contributed by atoms with Crippen molar-refractivity contribution in [1.29, 1.82) is 0 Å². The molecule has 0 aromatic heterocycles. The fourth-order valence-electron chi connectivity index (χ4n) is 2.32. The Morgan fingerprint density at radius 3 is 2.82 bits per heavy atom. The molecule has 0 spiro atoms. The summed E-state index contributed by atoms with van der Waals surface area (Å²) in [6, 6.07) is 0.114. The summed E-state index contributed by atoms with van der Waals surface area (Å²) in [4.78, 5) is 11.3. The van der Waals surface area contributed by atoms with Crippen LogP contribution in [0.3, 0.4) is 0 Å². The summed E-state index contributed by atoms with van der Waals surface area (Å²) in [6.45, 7) is 5.02. The molecule has 0 aromatic rings. The molecule has 1 rings (SSSR count). The Morgan fingerprint density at radius 1 is 1.47 bits per heavy atom. The van der Waals surface area contributed by atoms with E-state index in [4.69, 9.17) is 4.74 Å². The number of hydrogen-bond donors (Lipinski definition) is 2. The van der Waals surface area contributed by atoms with Crippen molar-refractivity contribution < 1.29 is 14.6 Å². The zero-order valence-corrected chi connectivity index (χ0v) is 10.9. The van der Waals surface area contributed by atoms with Gasteiger partial charge in [0.05, 0.1) is 19.1 Å². The number of rotatable bonds is 6. The minimum absolute atomic E-state index is 0.114. The molecule has 0 saturated heterocycles. The summed E-state index contributed by atoms with van der Waals surface area (Å²) < 4.78 is 4.90. The highest BCUT2D eigenvalue weighted by atomic mass is 16.5. The lowest BCUT2D eigenvalue weighted by Gasteiger charge is -2.28. The van der Waals surface area contributed by atoms with Gasteiger partial charge >= 0.3 is 5.97 Å². The van der Waals surface area contributed by atoms with Crippen LogP contribution in [0, 0.1) is 5.92 Å². The Bertz CT molecular complexity index is 233. The third kappa shape index (κ3) is 5.50. The largest absolute Gasteiger partial charge is 0.466 e.